The second-order valence-corrected chi connectivity index (χ2v) is 8.62. The Bertz CT molecular complexity index is 746. The molecule has 9 nitrogen and oxygen atoms in total. The van der Waals surface area contributed by atoms with Gasteiger partial charge in [0.1, 0.15) is 11.8 Å². The quantitative estimate of drug-likeness (QED) is 0.186. The third-order valence-electron chi connectivity index (χ3n) is 4.12. The lowest BCUT2D eigenvalue weighted by atomic mass is 10.1. The number of sulfonamides is 1. The Kier molecular flexibility index (Phi) is 11.1. The molecule has 0 aromatic heterocycles. The molecular weight excluding hydrogens is 396 g/mol. The maximum absolute atomic E-state index is 12.0. The summed E-state index contributed by atoms with van der Waals surface area (Å²) in [5, 5.41) is 9.34. The number of guanidine groups is 1. The second-order valence-electron chi connectivity index (χ2n) is 6.74. The van der Waals surface area contributed by atoms with E-state index in [1.165, 1.54) is 0 Å². The zero-order valence-corrected chi connectivity index (χ0v) is 17.7. The summed E-state index contributed by atoms with van der Waals surface area (Å²) >= 11 is 0. The van der Waals surface area contributed by atoms with Gasteiger partial charge in [0.25, 0.3) is 0 Å². The first-order chi connectivity index (χ1) is 13.7. The second kappa shape index (κ2) is 13.0. The predicted octanol–water partition coefficient (Wildman–Crippen LogP) is 1.22. The fourth-order valence-electron chi connectivity index (χ4n) is 2.54. The summed E-state index contributed by atoms with van der Waals surface area (Å²) in [6.45, 7) is 3.03. The van der Waals surface area contributed by atoms with E-state index in [1.807, 2.05) is 6.92 Å². The Morgan fingerprint density at radius 2 is 1.86 bits per heavy atom. The van der Waals surface area contributed by atoms with Crippen LogP contribution in [0.3, 0.4) is 0 Å². The summed E-state index contributed by atoms with van der Waals surface area (Å²) in [5.74, 6) is -0.508. The fraction of sp³-hybridized carbons (Fsp3) is 0.579. The number of carboxylic acids is 1. The Balaban J connectivity index is 2.46. The van der Waals surface area contributed by atoms with E-state index in [1.54, 1.807) is 24.3 Å². The van der Waals surface area contributed by atoms with Gasteiger partial charge < -0.3 is 21.3 Å². The molecule has 0 aliphatic carbocycles. The highest BCUT2D eigenvalue weighted by molar-refractivity contribution is 7.89. The molecule has 0 aliphatic rings. The average molecular weight is 429 g/mol. The Labute approximate surface area is 172 Å². The SMILES string of the molecule is CCCCS(=O)(=O)NC(Cc1ccc(OCCCCCN=C(N)N)cc1)C(=O)O. The third-order valence-corrected chi connectivity index (χ3v) is 5.59. The van der Waals surface area contributed by atoms with Gasteiger partial charge in [0, 0.05) is 6.54 Å². The number of nitrogens with one attached hydrogen (secondary N) is 1. The first-order valence-corrected chi connectivity index (χ1v) is 11.4. The van der Waals surface area contributed by atoms with Crippen molar-refractivity contribution < 1.29 is 23.1 Å². The first kappa shape index (κ1) is 24.7. The number of carbonyl (C=O) groups is 1. The summed E-state index contributed by atoms with van der Waals surface area (Å²) < 4.78 is 31.9. The summed E-state index contributed by atoms with van der Waals surface area (Å²) in [7, 11) is -3.62. The highest BCUT2D eigenvalue weighted by atomic mass is 32.2. The number of nitrogens with two attached hydrogens (primary N) is 2. The van der Waals surface area contributed by atoms with Crippen molar-refractivity contribution in [1.82, 2.24) is 4.72 Å². The van der Waals surface area contributed by atoms with Gasteiger partial charge in [0.05, 0.1) is 12.4 Å². The van der Waals surface area contributed by atoms with Crippen molar-refractivity contribution >= 4 is 22.0 Å². The molecule has 0 saturated carbocycles. The molecule has 1 atom stereocenters. The summed E-state index contributed by atoms with van der Waals surface area (Å²) in [6, 6.07) is 5.78. The topological polar surface area (TPSA) is 157 Å². The zero-order valence-electron chi connectivity index (χ0n) is 16.8. The van der Waals surface area contributed by atoms with E-state index in [-0.39, 0.29) is 18.1 Å². The first-order valence-electron chi connectivity index (χ1n) is 9.73. The maximum atomic E-state index is 12.0. The molecule has 0 heterocycles. The number of hydrogen-bond acceptors (Lipinski definition) is 5. The molecule has 6 N–H and O–H groups in total. The Morgan fingerprint density at radius 3 is 2.45 bits per heavy atom. The van der Waals surface area contributed by atoms with Crippen LogP contribution >= 0.6 is 0 Å². The predicted molar refractivity (Wildman–Crippen MR) is 113 cm³/mol. The van der Waals surface area contributed by atoms with Crippen LogP contribution in [0.25, 0.3) is 0 Å². The van der Waals surface area contributed by atoms with E-state index in [4.69, 9.17) is 16.2 Å². The van der Waals surface area contributed by atoms with Gasteiger partial charge in [0.15, 0.2) is 5.96 Å². The molecule has 164 valence electrons. The molecule has 0 spiro atoms. The van der Waals surface area contributed by atoms with Gasteiger partial charge in [-0.2, -0.15) is 0 Å². The molecule has 0 saturated heterocycles. The summed E-state index contributed by atoms with van der Waals surface area (Å²) in [6.07, 6.45) is 3.95. The highest BCUT2D eigenvalue weighted by Gasteiger charge is 2.24. The monoisotopic (exact) mass is 428 g/mol. The number of hydrogen-bond donors (Lipinski definition) is 4. The Hall–Kier alpha value is -2.33. The van der Waals surface area contributed by atoms with Crippen LogP contribution in [0.4, 0.5) is 0 Å². The van der Waals surface area contributed by atoms with E-state index in [2.05, 4.69) is 9.71 Å². The van der Waals surface area contributed by atoms with Crippen molar-refractivity contribution in [2.45, 2.75) is 51.5 Å². The molecule has 1 rings (SSSR count). The summed E-state index contributed by atoms with van der Waals surface area (Å²) in [4.78, 5) is 15.3. The van der Waals surface area contributed by atoms with Gasteiger partial charge in [-0.1, -0.05) is 25.5 Å². The van der Waals surface area contributed by atoms with Crippen molar-refractivity contribution in [3.8, 4) is 5.75 Å². The zero-order chi connectivity index (χ0) is 21.7. The van der Waals surface area contributed by atoms with Gasteiger partial charge in [-0.15, -0.1) is 0 Å². The standard InChI is InChI=1S/C19H32N4O5S/c1-2-3-13-29(26,27)23-17(18(24)25)14-15-7-9-16(10-8-15)28-12-6-4-5-11-22-19(20)21/h7-10,17,23H,2-6,11-14H2,1H3,(H,24,25)(H4,20,21,22). The van der Waals surface area contributed by atoms with Crippen LogP contribution in [0.1, 0.15) is 44.6 Å². The van der Waals surface area contributed by atoms with E-state index in [0.29, 0.717) is 30.9 Å². The molecule has 1 aromatic rings. The van der Waals surface area contributed by atoms with E-state index in [9.17, 15) is 18.3 Å². The lowest BCUT2D eigenvalue weighted by molar-refractivity contribution is -0.138. The minimum atomic E-state index is -3.62. The van der Waals surface area contributed by atoms with E-state index in [0.717, 1.165) is 25.7 Å². The van der Waals surface area contributed by atoms with Gasteiger partial charge in [-0.25, -0.2) is 13.1 Å². The summed E-state index contributed by atoms with van der Waals surface area (Å²) in [5.41, 5.74) is 11.2. The smallest absolute Gasteiger partial charge is 0.322 e. The fourth-order valence-corrected chi connectivity index (χ4v) is 3.94. The van der Waals surface area contributed by atoms with Crippen LogP contribution in [0, 0.1) is 0 Å². The molecule has 0 radical (unpaired) electrons. The van der Waals surface area contributed by atoms with Crippen LogP contribution in [-0.2, 0) is 21.2 Å². The van der Waals surface area contributed by atoms with Crippen molar-refractivity contribution in [1.29, 1.82) is 0 Å². The van der Waals surface area contributed by atoms with Crippen LogP contribution in [0.2, 0.25) is 0 Å². The number of unbranched alkanes of at least 4 members (excludes halogenated alkanes) is 3. The van der Waals surface area contributed by atoms with Crippen molar-refractivity contribution in [3.63, 3.8) is 0 Å². The average Bonchev–Trinajstić information content (AvgIpc) is 2.66. The molecular formula is C19H32N4O5S. The van der Waals surface area contributed by atoms with Crippen molar-refractivity contribution in [2.24, 2.45) is 16.5 Å². The minimum Gasteiger partial charge on any atom is -0.494 e. The number of carboxylic acid groups (broad SMARTS) is 1. The molecule has 0 amide bonds. The van der Waals surface area contributed by atoms with Gasteiger partial charge in [0.2, 0.25) is 10.0 Å². The number of aliphatic imine (C=N–C) groups is 1. The molecule has 0 bridgehead atoms. The van der Waals surface area contributed by atoms with E-state index >= 15 is 0 Å². The lowest BCUT2D eigenvalue weighted by Crippen LogP contribution is -2.43. The molecule has 10 heteroatoms. The maximum Gasteiger partial charge on any atom is 0.322 e. The third kappa shape index (κ3) is 11.3. The van der Waals surface area contributed by atoms with Gasteiger partial charge in [-0.3, -0.25) is 9.79 Å². The largest absolute Gasteiger partial charge is 0.494 e. The number of nitrogens with zero attached hydrogens (tertiary/aromatic N) is 1. The van der Waals surface area contributed by atoms with Crippen LogP contribution in [-0.4, -0.2) is 50.4 Å². The Morgan fingerprint density at radius 1 is 1.17 bits per heavy atom. The van der Waals surface area contributed by atoms with Crippen LogP contribution in [0.15, 0.2) is 29.3 Å². The number of benzene rings is 1. The molecule has 0 fully saturated rings. The minimum absolute atomic E-state index is 0.0613. The number of rotatable bonds is 15. The van der Waals surface area contributed by atoms with Crippen LogP contribution < -0.4 is 20.9 Å². The van der Waals surface area contributed by atoms with Crippen LogP contribution in [0.5, 0.6) is 5.75 Å². The van der Waals surface area contributed by atoms with Crippen molar-refractivity contribution in [3.05, 3.63) is 29.8 Å². The van der Waals surface area contributed by atoms with Gasteiger partial charge in [-0.05, 0) is 49.8 Å². The molecule has 0 aliphatic heterocycles. The molecule has 1 aromatic carbocycles. The lowest BCUT2D eigenvalue weighted by Gasteiger charge is -2.15. The number of ether oxygens (including phenoxy) is 1. The van der Waals surface area contributed by atoms with E-state index < -0.39 is 22.0 Å². The molecule has 1 unspecified atom stereocenters. The normalized spacial score (nSPS) is 12.3. The van der Waals surface area contributed by atoms with Gasteiger partial charge >= 0.3 is 5.97 Å². The highest BCUT2D eigenvalue weighted by Crippen LogP contribution is 2.15. The van der Waals surface area contributed by atoms with Crippen molar-refractivity contribution in [2.75, 3.05) is 18.9 Å². The number of aliphatic carboxylic acids is 1. The molecule has 29 heavy (non-hydrogen) atoms.